The number of hydrogen-bond donors (Lipinski definition) is 1. The zero-order valence-electron chi connectivity index (χ0n) is 14.8. The van der Waals surface area contributed by atoms with Crippen LogP contribution in [0.5, 0.6) is 17.2 Å². The second kappa shape index (κ2) is 8.22. The van der Waals surface area contributed by atoms with Crippen LogP contribution in [0.4, 0.5) is 0 Å². The van der Waals surface area contributed by atoms with Gasteiger partial charge in [0.25, 0.3) is 0 Å². The van der Waals surface area contributed by atoms with Crippen molar-refractivity contribution in [3.8, 4) is 17.2 Å². The third kappa shape index (κ3) is 4.64. The summed E-state index contributed by atoms with van der Waals surface area (Å²) in [5, 5.41) is 0. The highest BCUT2D eigenvalue weighted by Gasteiger charge is 2.20. The van der Waals surface area contributed by atoms with Gasteiger partial charge in [0.2, 0.25) is 10.0 Å². The van der Waals surface area contributed by atoms with E-state index in [4.69, 9.17) is 14.2 Å². The zero-order chi connectivity index (χ0) is 18.4. The summed E-state index contributed by atoms with van der Waals surface area (Å²) in [6.07, 6.45) is 0. The first-order chi connectivity index (χ1) is 11.9. The van der Waals surface area contributed by atoms with Crippen LogP contribution >= 0.6 is 0 Å². The van der Waals surface area contributed by atoms with Crippen molar-refractivity contribution in [3.05, 3.63) is 48.0 Å². The monoisotopic (exact) mass is 365 g/mol. The lowest BCUT2D eigenvalue weighted by atomic mass is 10.1. The SMILES string of the molecule is CCOc1ccc([C@@H](C)NS(=O)(=O)c2ccc(OC)c(OC)c2)cc1. The van der Waals surface area contributed by atoms with Gasteiger partial charge in [-0.05, 0) is 43.7 Å². The summed E-state index contributed by atoms with van der Waals surface area (Å²) in [7, 11) is -0.742. The molecule has 0 saturated heterocycles. The lowest BCUT2D eigenvalue weighted by molar-refractivity contribution is 0.340. The molecule has 2 aromatic rings. The van der Waals surface area contributed by atoms with Crippen molar-refractivity contribution in [2.75, 3.05) is 20.8 Å². The van der Waals surface area contributed by atoms with Crippen LogP contribution in [0.15, 0.2) is 47.4 Å². The predicted molar refractivity (Wildman–Crippen MR) is 95.9 cm³/mol. The van der Waals surface area contributed by atoms with Crippen LogP contribution in [-0.2, 0) is 10.0 Å². The van der Waals surface area contributed by atoms with Gasteiger partial charge < -0.3 is 14.2 Å². The summed E-state index contributed by atoms with van der Waals surface area (Å²) in [6, 6.07) is 11.4. The number of benzene rings is 2. The van der Waals surface area contributed by atoms with E-state index in [0.29, 0.717) is 18.1 Å². The minimum absolute atomic E-state index is 0.114. The summed E-state index contributed by atoms with van der Waals surface area (Å²) in [4.78, 5) is 0.114. The van der Waals surface area contributed by atoms with E-state index in [1.54, 1.807) is 13.0 Å². The van der Waals surface area contributed by atoms with E-state index in [9.17, 15) is 8.42 Å². The molecule has 25 heavy (non-hydrogen) atoms. The van der Waals surface area contributed by atoms with Gasteiger partial charge >= 0.3 is 0 Å². The fourth-order valence-corrected chi connectivity index (χ4v) is 3.62. The Kier molecular flexibility index (Phi) is 6.27. The van der Waals surface area contributed by atoms with E-state index < -0.39 is 16.1 Å². The number of hydrogen-bond acceptors (Lipinski definition) is 5. The summed E-state index contributed by atoms with van der Waals surface area (Å²) in [6.45, 7) is 4.28. The van der Waals surface area contributed by atoms with Gasteiger partial charge in [0, 0.05) is 12.1 Å². The maximum absolute atomic E-state index is 12.6. The molecule has 2 rings (SSSR count). The van der Waals surface area contributed by atoms with Gasteiger partial charge in [-0.25, -0.2) is 13.1 Å². The fourth-order valence-electron chi connectivity index (χ4n) is 2.37. The first-order valence-corrected chi connectivity index (χ1v) is 9.36. The van der Waals surface area contributed by atoms with Gasteiger partial charge in [0.1, 0.15) is 5.75 Å². The number of ether oxygens (including phenoxy) is 3. The summed E-state index contributed by atoms with van der Waals surface area (Å²) >= 11 is 0. The molecule has 1 atom stereocenters. The van der Waals surface area contributed by atoms with Crippen LogP contribution in [0, 0.1) is 0 Å². The normalized spacial score (nSPS) is 12.5. The summed E-state index contributed by atoms with van der Waals surface area (Å²) in [5.74, 6) is 1.58. The largest absolute Gasteiger partial charge is 0.494 e. The lowest BCUT2D eigenvalue weighted by Crippen LogP contribution is -2.26. The van der Waals surface area contributed by atoms with Crippen LogP contribution in [0.25, 0.3) is 0 Å². The predicted octanol–water partition coefficient (Wildman–Crippen LogP) is 3.14. The zero-order valence-corrected chi connectivity index (χ0v) is 15.6. The van der Waals surface area contributed by atoms with Crippen molar-refractivity contribution < 1.29 is 22.6 Å². The van der Waals surface area contributed by atoms with Crippen molar-refractivity contribution in [2.45, 2.75) is 24.8 Å². The van der Waals surface area contributed by atoms with E-state index in [0.717, 1.165) is 11.3 Å². The van der Waals surface area contributed by atoms with Crippen LogP contribution in [0.2, 0.25) is 0 Å². The molecule has 7 heteroatoms. The van der Waals surface area contributed by atoms with Gasteiger partial charge in [0.15, 0.2) is 11.5 Å². The maximum atomic E-state index is 12.6. The van der Waals surface area contributed by atoms with Crippen molar-refractivity contribution in [1.82, 2.24) is 4.72 Å². The van der Waals surface area contributed by atoms with Gasteiger partial charge in [-0.1, -0.05) is 12.1 Å². The average molecular weight is 365 g/mol. The molecule has 0 aliphatic rings. The quantitative estimate of drug-likeness (QED) is 0.778. The Morgan fingerprint density at radius 3 is 2.20 bits per heavy atom. The topological polar surface area (TPSA) is 73.9 Å². The van der Waals surface area contributed by atoms with E-state index >= 15 is 0 Å². The van der Waals surface area contributed by atoms with Crippen LogP contribution in [0.1, 0.15) is 25.5 Å². The first kappa shape index (κ1) is 19.1. The Hall–Kier alpha value is -2.25. The molecule has 0 spiro atoms. The smallest absolute Gasteiger partial charge is 0.241 e. The lowest BCUT2D eigenvalue weighted by Gasteiger charge is -2.16. The number of nitrogens with one attached hydrogen (secondary N) is 1. The van der Waals surface area contributed by atoms with Crippen LogP contribution in [-0.4, -0.2) is 29.2 Å². The molecular formula is C18H23NO5S. The molecule has 0 aliphatic heterocycles. The van der Waals surface area contributed by atoms with E-state index in [2.05, 4.69) is 4.72 Å². The van der Waals surface area contributed by atoms with Crippen LogP contribution in [0.3, 0.4) is 0 Å². The van der Waals surface area contributed by atoms with E-state index in [1.165, 1.54) is 26.4 Å². The van der Waals surface area contributed by atoms with Crippen molar-refractivity contribution in [1.29, 1.82) is 0 Å². The second-order valence-corrected chi connectivity index (χ2v) is 7.08. The van der Waals surface area contributed by atoms with Gasteiger partial charge in [-0.15, -0.1) is 0 Å². The molecule has 0 radical (unpaired) electrons. The highest BCUT2D eigenvalue weighted by Crippen LogP contribution is 2.30. The van der Waals surface area contributed by atoms with Crippen LogP contribution < -0.4 is 18.9 Å². The third-order valence-corrected chi connectivity index (χ3v) is 5.23. The van der Waals surface area contributed by atoms with E-state index in [1.807, 2.05) is 31.2 Å². The fraction of sp³-hybridized carbons (Fsp3) is 0.333. The molecule has 0 unspecified atom stereocenters. The second-order valence-electron chi connectivity index (χ2n) is 5.36. The Morgan fingerprint density at radius 1 is 1.00 bits per heavy atom. The first-order valence-electron chi connectivity index (χ1n) is 7.88. The number of methoxy groups -OCH3 is 2. The molecule has 2 aromatic carbocycles. The summed E-state index contributed by atoms with van der Waals surface area (Å²) in [5.41, 5.74) is 0.840. The molecule has 0 saturated carbocycles. The van der Waals surface area contributed by atoms with Crippen molar-refractivity contribution in [3.63, 3.8) is 0 Å². The van der Waals surface area contributed by atoms with Gasteiger partial charge in [0.05, 0.1) is 25.7 Å². The highest BCUT2D eigenvalue weighted by molar-refractivity contribution is 7.89. The third-order valence-electron chi connectivity index (χ3n) is 3.69. The van der Waals surface area contributed by atoms with Crippen molar-refractivity contribution >= 4 is 10.0 Å². The summed E-state index contributed by atoms with van der Waals surface area (Å²) < 4.78 is 43.6. The minimum atomic E-state index is -3.70. The molecule has 0 aromatic heterocycles. The van der Waals surface area contributed by atoms with Gasteiger partial charge in [-0.2, -0.15) is 0 Å². The Balaban J connectivity index is 2.19. The molecule has 1 N–H and O–H groups in total. The highest BCUT2D eigenvalue weighted by atomic mass is 32.2. The molecule has 0 heterocycles. The van der Waals surface area contributed by atoms with E-state index in [-0.39, 0.29) is 4.90 Å². The standard InChI is InChI=1S/C18H23NO5S/c1-5-24-15-8-6-14(7-9-15)13(2)19-25(20,21)16-10-11-17(22-3)18(12-16)23-4/h6-13,19H,5H2,1-4H3/t13-/m1/s1. The number of sulfonamides is 1. The average Bonchev–Trinajstić information content (AvgIpc) is 2.61. The Labute approximate surface area is 148 Å². The molecule has 0 bridgehead atoms. The Morgan fingerprint density at radius 2 is 1.64 bits per heavy atom. The maximum Gasteiger partial charge on any atom is 0.241 e. The molecule has 6 nitrogen and oxygen atoms in total. The molecular weight excluding hydrogens is 342 g/mol. The minimum Gasteiger partial charge on any atom is -0.494 e. The van der Waals surface area contributed by atoms with Gasteiger partial charge in [-0.3, -0.25) is 0 Å². The Bertz CT molecular complexity index is 803. The molecule has 0 amide bonds. The van der Waals surface area contributed by atoms with Crippen molar-refractivity contribution in [2.24, 2.45) is 0 Å². The molecule has 136 valence electrons. The molecule has 0 aliphatic carbocycles. The molecule has 0 fully saturated rings. The number of rotatable bonds is 8.